The van der Waals surface area contributed by atoms with Crippen molar-refractivity contribution in [3.05, 3.63) is 90.3 Å². The van der Waals surface area contributed by atoms with E-state index < -0.39 is 5.41 Å². The Bertz CT molecular complexity index is 1070. The Morgan fingerprint density at radius 3 is 2.47 bits per heavy atom. The minimum Gasteiger partial charge on any atom is -0.359 e. The molecule has 2 amide bonds. The zero-order valence-corrected chi connectivity index (χ0v) is 18.5. The summed E-state index contributed by atoms with van der Waals surface area (Å²) in [5.74, 6) is 0.109. The molecular formula is C27H29N3O2. The third-order valence-electron chi connectivity index (χ3n) is 6.37. The van der Waals surface area contributed by atoms with E-state index in [0.29, 0.717) is 38.8 Å². The predicted molar refractivity (Wildman–Crippen MR) is 126 cm³/mol. The molecule has 0 bridgehead atoms. The highest BCUT2D eigenvalue weighted by Gasteiger charge is 2.45. The largest absolute Gasteiger partial charge is 0.359 e. The van der Waals surface area contributed by atoms with E-state index in [1.807, 2.05) is 41.3 Å². The van der Waals surface area contributed by atoms with Crippen LogP contribution in [0.5, 0.6) is 0 Å². The average Bonchev–Trinajstić information content (AvgIpc) is 3.28. The zero-order valence-electron chi connectivity index (χ0n) is 18.5. The minimum atomic E-state index is -0.601. The average molecular weight is 428 g/mol. The molecule has 0 saturated carbocycles. The third kappa shape index (κ3) is 4.88. The number of likely N-dealkylation sites (tertiary alicyclic amines) is 1. The summed E-state index contributed by atoms with van der Waals surface area (Å²) in [5.41, 5.74) is 3.90. The van der Waals surface area contributed by atoms with Crippen LogP contribution in [-0.2, 0) is 22.4 Å². The lowest BCUT2D eigenvalue weighted by molar-refractivity contribution is -0.133. The molecule has 5 nitrogen and oxygen atoms in total. The van der Waals surface area contributed by atoms with Crippen molar-refractivity contribution in [1.29, 1.82) is 0 Å². The van der Waals surface area contributed by atoms with Gasteiger partial charge in [0.25, 0.3) is 0 Å². The van der Waals surface area contributed by atoms with Crippen LogP contribution in [0, 0.1) is 5.41 Å². The van der Waals surface area contributed by atoms with Crippen LogP contribution in [0.3, 0.4) is 0 Å². The van der Waals surface area contributed by atoms with Crippen molar-refractivity contribution >= 4 is 11.8 Å². The number of nitrogens with zero attached hydrogens (tertiary/aromatic N) is 2. The van der Waals surface area contributed by atoms with E-state index in [9.17, 15) is 9.59 Å². The van der Waals surface area contributed by atoms with Crippen LogP contribution in [0.2, 0.25) is 0 Å². The molecular weight excluding hydrogens is 398 g/mol. The van der Waals surface area contributed by atoms with Gasteiger partial charge in [0.2, 0.25) is 11.8 Å². The fourth-order valence-electron chi connectivity index (χ4n) is 4.60. The molecule has 4 rings (SSSR count). The third-order valence-corrected chi connectivity index (χ3v) is 6.37. The molecule has 0 unspecified atom stereocenters. The van der Waals surface area contributed by atoms with Gasteiger partial charge in [0, 0.05) is 39.0 Å². The first-order chi connectivity index (χ1) is 15.6. The van der Waals surface area contributed by atoms with Crippen LogP contribution >= 0.6 is 0 Å². The summed E-state index contributed by atoms with van der Waals surface area (Å²) in [7, 11) is 1.68. The maximum atomic E-state index is 13.0. The highest BCUT2D eigenvalue weighted by atomic mass is 16.2. The van der Waals surface area contributed by atoms with Crippen molar-refractivity contribution in [3.8, 4) is 11.1 Å². The molecule has 2 aromatic carbocycles. The van der Waals surface area contributed by atoms with E-state index in [4.69, 9.17) is 0 Å². The lowest BCUT2D eigenvalue weighted by atomic mass is 9.79. The van der Waals surface area contributed by atoms with Crippen LogP contribution in [0.15, 0.2) is 79.1 Å². The highest BCUT2D eigenvalue weighted by Crippen LogP contribution is 2.36. The number of hydrogen-bond acceptors (Lipinski definition) is 3. The number of carbonyl (C=O) groups excluding carboxylic acids is 2. The fraction of sp³-hybridized carbons (Fsp3) is 0.296. The van der Waals surface area contributed by atoms with Gasteiger partial charge in [-0.2, -0.15) is 0 Å². The Morgan fingerprint density at radius 2 is 1.72 bits per heavy atom. The number of aryl methyl sites for hydroxylation is 1. The maximum absolute atomic E-state index is 13.0. The SMILES string of the molecule is CNC(=O)[C@@]1(Cc2cccc(-c3ccccc3)c2)CCN(C(=O)CCc2ccncc2)C1. The maximum Gasteiger partial charge on any atom is 0.228 e. The van der Waals surface area contributed by atoms with Crippen LogP contribution in [-0.4, -0.2) is 41.8 Å². The monoisotopic (exact) mass is 427 g/mol. The lowest BCUT2D eigenvalue weighted by Gasteiger charge is -2.28. The Balaban J connectivity index is 1.48. The number of hydrogen-bond donors (Lipinski definition) is 1. The molecule has 1 aliphatic heterocycles. The summed E-state index contributed by atoms with van der Waals surface area (Å²) >= 11 is 0. The Hall–Kier alpha value is -3.47. The van der Waals surface area contributed by atoms with Crippen molar-refractivity contribution in [1.82, 2.24) is 15.2 Å². The topological polar surface area (TPSA) is 62.3 Å². The van der Waals surface area contributed by atoms with Crippen LogP contribution in [0.25, 0.3) is 11.1 Å². The van der Waals surface area contributed by atoms with Crippen molar-refractivity contribution in [2.75, 3.05) is 20.1 Å². The number of aromatic nitrogens is 1. The first-order valence-electron chi connectivity index (χ1n) is 11.1. The van der Waals surface area contributed by atoms with Gasteiger partial charge in [-0.05, 0) is 53.6 Å². The van der Waals surface area contributed by atoms with E-state index in [0.717, 1.165) is 22.3 Å². The zero-order chi connectivity index (χ0) is 22.4. The molecule has 1 fully saturated rings. The second-order valence-corrected chi connectivity index (χ2v) is 8.52. The quantitative estimate of drug-likeness (QED) is 0.622. The summed E-state index contributed by atoms with van der Waals surface area (Å²) in [6, 6.07) is 22.5. The van der Waals surface area contributed by atoms with Gasteiger partial charge in [-0.25, -0.2) is 0 Å². The van der Waals surface area contributed by atoms with Crippen molar-refractivity contribution in [3.63, 3.8) is 0 Å². The smallest absolute Gasteiger partial charge is 0.228 e. The number of pyridine rings is 1. The minimum absolute atomic E-state index is 0.00653. The molecule has 1 aliphatic rings. The van der Waals surface area contributed by atoms with Gasteiger partial charge in [-0.15, -0.1) is 0 Å². The number of amides is 2. The molecule has 164 valence electrons. The summed E-state index contributed by atoms with van der Waals surface area (Å²) in [6.07, 6.45) is 5.90. The Kier molecular flexibility index (Phi) is 6.64. The number of carbonyl (C=O) groups is 2. The van der Waals surface area contributed by atoms with Crippen molar-refractivity contribution in [2.45, 2.75) is 25.7 Å². The van der Waals surface area contributed by atoms with E-state index in [2.05, 4.69) is 40.6 Å². The molecule has 1 atom stereocenters. The molecule has 1 saturated heterocycles. The number of nitrogens with one attached hydrogen (secondary N) is 1. The van der Waals surface area contributed by atoms with E-state index in [1.54, 1.807) is 19.4 Å². The second kappa shape index (κ2) is 9.77. The first kappa shape index (κ1) is 21.8. The number of benzene rings is 2. The molecule has 2 heterocycles. The van der Waals surface area contributed by atoms with Crippen molar-refractivity contribution in [2.24, 2.45) is 5.41 Å². The summed E-state index contributed by atoms with van der Waals surface area (Å²) in [4.78, 5) is 31.8. The van der Waals surface area contributed by atoms with Gasteiger partial charge in [-0.3, -0.25) is 14.6 Å². The van der Waals surface area contributed by atoms with Gasteiger partial charge >= 0.3 is 0 Å². The molecule has 0 spiro atoms. The van der Waals surface area contributed by atoms with Gasteiger partial charge in [0.15, 0.2) is 0 Å². The molecule has 1 N–H and O–H groups in total. The fourth-order valence-corrected chi connectivity index (χ4v) is 4.60. The molecule has 32 heavy (non-hydrogen) atoms. The van der Waals surface area contributed by atoms with Crippen molar-refractivity contribution < 1.29 is 9.59 Å². The molecule has 5 heteroatoms. The van der Waals surface area contributed by atoms with Crippen LogP contribution < -0.4 is 5.32 Å². The van der Waals surface area contributed by atoms with Gasteiger partial charge in [-0.1, -0.05) is 54.6 Å². The Labute approximate surface area is 189 Å². The van der Waals surface area contributed by atoms with E-state index in [-0.39, 0.29) is 11.8 Å². The number of rotatable bonds is 7. The van der Waals surface area contributed by atoms with E-state index >= 15 is 0 Å². The lowest BCUT2D eigenvalue weighted by Crippen LogP contribution is -2.44. The Morgan fingerprint density at radius 1 is 0.969 bits per heavy atom. The molecule has 1 aromatic heterocycles. The van der Waals surface area contributed by atoms with Gasteiger partial charge in [0.1, 0.15) is 0 Å². The first-order valence-corrected chi connectivity index (χ1v) is 11.1. The van der Waals surface area contributed by atoms with Gasteiger partial charge < -0.3 is 10.2 Å². The van der Waals surface area contributed by atoms with Crippen LogP contribution in [0.4, 0.5) is 0 Å². The normalized spacial score (nSPS) is 17.8. The molecule has 3 aromatic rings. The summed E-state index contributed by atoms with van der Waals surface area (Å²) < 4.78 is 0. The molecule has 0 aliphatic carbocycles. The summed E-state index contributed by atoms with van der Waals surface area (Å²) in [5, 5.41) is 2.85. The highest BCUT2D eigenvalue weighted by molar-refractivity contribution is 5.85. The predicted octanol–water partition coefficient (Wildman–Crippen LogP) is 3.89. The van der Waals surface area contributed by atoms with E-state index in [1.165, 1.54) is 0 Å². The molecule has 0 radical (unpaired) electrons. The standard InChI is InChI=1S/C27H29N3O2/c1-28-26(32)27(19-22-6-5-9-24(18-22)23-7-3-2-4-8-23)14-17-30(20-27)25(31)11-10-21-12-15-29-16-13-21/h2-9,12-13,15-16,18H,10-11,14,17,19-20H2,1H3,(H,28,32)/t27-/m1/s1. The second-order valence-electron chi connectivity index (χ2n) is 8.52. The summed E-state index contributed by atoms with van der Waals surface area (Å²) in [6.45, 7) is 1.07. The van der Waals surface area contributed by atoms with Gasteiger partial charge in [0.05, 0.1) is 5.41 Å². The van der Waals surface area contributed by atoms with Crippen LogP contribution in [0.1, 0.15) is 24.0 Å².